The van der Waals surface area contributed by atoms with Crippen molar-refractivity contribution in [2.24, 2.45) is 11.7 Å². The van der Waals surface area contributed by atoms with Crippen LogP contribution in [0, 0.1) is 5.92 Å². The van der Waals surface area contributed by atoms with E-state index >= 15 is 0 Å². The molecule has 184 valence electrons. The Morgan fingerprint density at radius 2 is 1.97 bits per heavy atom. The minimum Gasteiger partial charge on any atom is -0.394 e. The number of nitrogens with one attached hydrogen (secondary N) is 1. The lowest BCUT2D eigenvalue weighted by Gasteiger charge is -2.28. The van der Waals surface area contributed by atoms with E-state index in [1.54, 1.807) is 9.80 Å². The van der Waals surface area contributed by atoms with Gasteiger partial charge in [-0.2, -0.15) is 9.97 Å². The molecule has 4 atom stereocenters. The van der Waals surface area contributed by atoms with Crippen LogP contribution in [0.1, 0.15) is 25.7 Å². The molecule has 1 amide bonds. The highest BCUT2D eigenvalue weighted by molar-refractivity contribution is 5.84. The van der Waals surface area contributed by atoms with E-state index in [0.29, 0.717) is 29.9 Å². The summed E-state index contributed by atoms with van der Waals surface area (Å²) < 4.78 is 11.1. The molecule has 0 radical (unpaired) electrons. The first-order valence-electron chi connectivity index (χ1n) is 11.3. The number of nitrogen functional groups attached to an aromatic ring is 1. The number of aromatic nitrogens is 2. The normalized spacial score (nSPS) is 27.7. The topological polar surface area (TPSA) is 193 Å². The Balaban J connectivity index is 1.54. The minimum absolute atomic E-state index is 0.0911. The molecule has 2 saturated heterocycles. The summed E-state index contributed by atoms with van der Waals surface area (Å²) in [5.41, 5.74) is 12.1. The van der Waals surface area contributed by atoms with Crippen LogP contribution in [0.3, 0.4) is 0 Å². The van der Waals surface area contributed by atoms with Crippen LogP contribution in [0.15, 0.2) is 0 Å². The standard InChI is InChI=1S/C20H33N7O6/c21-13(29)2-6-26-10-27(19-16(31)15(30)12(9-28)33-19)18-14(26)17(22)24-20(25-18)23-5-1-11-3-7-32-8-4-11/h11-12,15-16,19,28,30-31H,1-10H2,(H2,21,29)(H3,22,23,24,25)/t12-,15?,16?,19-/m1/s1. The number of nitrogens with two attached hydrogens (primary N) is 2. The van der Waals surface area contributed by atoms with Gasteiger partial charge in [0.25, 0.3) is 0 Å². The van der Waals surface area contributed by atoms with E-state index in [2.05, 4.69) is 15.3 Å². The van der Waals surface area contributed by atoms with Crippen LogP contribution < -0.4 is 26.6 Å². The molecule has 1 aromatic heterocycles. The van der Waals surface area contributed by atoms with Gasteiger partial charge >= 0.3 is 0 Å². The van der Waals surface area contributed by atoms with E-state index in [9.17, 15) is 20.1 Å². The van der Waals surface area contributed by atoms with Crippen molar-refractivity contribution < 1.29 is 29.6 Å². The van der Waals surface area contributed by atoms with E-state index in [1.165, 1.54) is 0 Å². The fraction of sp³-hybridized carbons (Fsp3) is 0.750. The summed E-state index contributed by atoms with van der Waals surface area (Å²) in [6.07, 6.45) is -1.30. The smallest absolute Gasteiger partial charge is 0.226 e. The van der Waals surface area contributed by atoms with E-state index in [0.717, 1.165) is 32.5 Å². The van der Waals surface area contributed by atoms with Gasteiger partial charge in [-0.3, -0.25) is 4.79 Å². The fourth-order valence-corrected chi connectivity index (χ4v) is 4.55. The predicted octanol–water partition coefficient (Wildman–Crippen LogP) is -1.81. The molecular weight excluding hydrogens is 434 g/mol. The minimum atomic E-state index is -1.27. The summed E-state index contributed by atoms with van der Waals surface area (Å²) in [6.45, 7) is 2.27. The van der Waals surface area contributed by atoms with Gasteiger partial charge in [0.1, 0.15) is 24.0 Å². The van der Waals surface area contributed by atoms with Gasteiger partial charge in [-0.15, -0.1) is 0 Å². The van der Waals surface area contributed by atoms with Gasteiger partial charge in [-0.1, -0.05) is 0 Å². The summed E-state index contributed by atoms with van der Waals surface area (Å²) in [4.78, 5) is 23.8. The first-order chi connectivity index (χ1) is 15.9. The molecule has 13 heteroatoms. The largest absolute Gasteiger partial charge is 0.394 e. The van der Waals surface area contributed by atoms with Crippen LogP contribution >= 0.6 is 0 Å². The summed E-state index contributed by atoms with van der Waals surface area (Å²) in [5, 5.41) is 33.4. The molecule has 0 bridgehead atoms. The number of primary amides is 1. The maximum atomic E-state index is 11.3. The number of hydrogen-bond donors (Lipinski definition) is 6. The average molecular weight is 468 g/mol. The number of rotatable bonds is 9. The Labute approximate surface area is 191 Å². The van der Waals surface area contributed by atoms with E-state index in [-0.39, 0.29) is 25.5 Å². The Bertz CT molecular complexity index is 839. The number of ether oxygens (including phenoxy) is 2. The molecule has 0 aliphatic carbocycles. The molecule has 2 unspecified atom stereocenters. The molecular formula is C20H33N7O6. The molecule has 4 heterocycles. The third kappa shape index (κ3) is 5.06. The zero-order valence-electron chi connectivity index (χ0n) is 18.5. The van der Waals surface area contributed by atoms with E-state index < -0.39 is 37.1 Å². The Morgan fingerprint density at radius 1 is 1.21 bits per heavy atom. The molecule has 1 aromatic rings. The number of nitrogens with zero attached hydrogens (tertiary/aromatic N) is 4. The molecule has 3 aliphatic rings. The fourth-order valence-electron chi connectivity index (χ4n) is 4.55. The first-order valence-corrected chi connectivity index (χ1v) is 11.3. The third-order valence-electron chi connectivity index (χ3n) is 6.43. The predicted molar refractivity (Wildman–Crippen MR) is 119 cm³/mol. The van der Waals surface area contributed by atoms with Crippen LogP contribution in [0.4, 0.5) is 23.3 Å². The maximum Gasteiger partial charge on any atom is 0.226 e. The number of anilines is 4. The molecule has 0 aromatic carbocycles. The second kappa shape index (κ2) is 10.2. The Morgan fingerprint density at radius 3 is 2.64 bits per heavy atom. The van der Waals surface area contributed by atoms with Crippen LogP contribution in [-0.4, -0.2) is 95.3 Å². The summed E-state index contributed by atoms with van der Waals surface area (Å²) >= 11 is 0. The van der Waals surface area contributed by atoms with Gasteiger partial charge < -0.3 is 51.4 Å². The molecule has 33 heavy (non-hydrogen) atoms. The zero-order valence-corrected chi connectivity index (χ0v) is 18.5. The van der Waals surface area contributed by atoms with Crippen molar-refractivity contribution in [2.45, 2.75) is 50.2 Å². The number of amides is 1. The number of carbonyl (C=O) groups excluding carboxylic acids is 1. The van der Waals surface area contributed by atoms with Gasteiger partial charge in [-0.25, -0.2) is 0 Å². The molecule has 8 N–H and O–H groups in total. The van der Waals surface area contributed by atoms with Gasteiger partial charge in [0.15, 0.2) is 17.9 Å². The highest BCUT2D eigenvalue weighted by atomic mass is 16.6. The van der Waals surface area contributed by atoms with Crippen molar-refractivity contribution in [3.8, 4) is 0 Å². The highest BCUT2D eigenvalue weighted by Crippen LogP contribution is 2.42. The number of carbonyl (C=O) groups is 1. The molecule has 13 nitrogen and oxygen atoms in total. The SMILES string of the molecule is NC(=O)CCN1CN([C@@H]2O[C@H](CO)C(O)C2O)c2nc(NCCC3CCOCC3)nc(N)c21. The van der Waals surface area contributed by atoms with Gasteiger partial charge in [-0.05, 0) is 25.2 Å². The average Bonchev–Trinajstić information content (AvgIpc) is 3.30. The van der Waals surface area contributed by atoms with Crippen LogP contribution in [0.25, 0.3) is 0 Å². The van der Waals surface area contributed by atoms with Crippen molar-refractivity contribution in [2.75, 3.05) is 60.4 Å². The molecule has 3 aliphatic heterocycles. The lowest BCUT2D eigenvalue weighted by Crippen LogP contribution is -2.46. The van der Waals surface area contributed by atoms with Crippen molar-refractivity contribution in [3.63, 3.8) is 0 Å². The molecule has 0 saturated carbocycles. The molecule has 4 rings (SSSR count). The number of hydrogen-bond acceptors (Lipinski definition) is 12. The lowest BCUT2D eigenvalue weighted by atomic mass is 9.97. The summed E-state index contributed by atoms with van der Waals surface area (Å²) in [5.74, 6) is 1.08. The number of aliphatic hydroxyl groups is 3. The summed E-state index contributed by atoms with van der Waals surface area (Å²) in [7, 11) is 0. The van der Waals surface area contributed by atoms with Crippen LogP contribution in [-0.2, 0) is 14.3 Å². The molecule has 2 fully saturated rings. The third-order valence-corrected chi connectivity index (χ3v) is 6.43. The quantitative estimate of drug-likeness (QED) is 0.239. The van der Waals surface area contributed by atoms with Crippen molar-refractivity contribution >= 4 is 29.2 Å². The second-order valence-electron chi connectivity index (χ2n) is 8.70. The first kappa shape index (κ1) is 23.7. The van der Waals surface area contributed by atoms with Crippen LogP contribution in [0.2, 0.25) is 0 Å². The van der Waals surface area contributed by atoms with Gasteiger partial charge in [0, 0.05) is 32.7 Å². The van der Waals surface area contributed by atoms with Crippen molar-refractivity contribution in [3.05, 3.63) is 0 Å². The van der Waals surface area contributed by atoms with Crippen molar-refractivity contribution in [1.82, 2.24) is 9.97 Å². The zero-order chi connectivity index (χ0) is 23.5. The molecule has 0 spiro atoms. The van der Waals surface area contributed by atoms with Gasteiger partial charge in [0.2, 0.25) is 11.9 Å². The van der Waals surface area contributed by atoms with Crippen LogP contribution in [0.5, 0.6) is 0 Å². The van der Waals surface area contributed by atoms with Crippen molar-refractivity contribution in [1.29, 1.82) is 0 Å². The second-order valence-corrected chi connectivity index (χ2v) is 8.70. The Kier molecular flexibility index (Phi) is 7.34. The maximum absolute atomic E-state index is 11.3. The highest BCUT2D eigenvalue weighted by Gasteiger charge is 2.48. The van der Waals surface area contributed by atoms with E-state index in [1.807, 2.05) is 0 Å². The number of aliphatic hydroxyl groups excluding tert-OH is 3. The lowest BCUT2D eigenvalue weighted by molar-refractivity contribution is -0.117. The van der Waals surface area contributed by atoms with E-state index in [4.69, 9.17) is 20.9 Å². The Hall–Kier alpha value is -2.45. The summed E-state index contributed by atoms with van der Waals surface area (Å²) in [6, 6.07) is 0. The monoisotopic (exact) mass is 467 g/mol. The van der Waals surface area contributed by atoms with Gasteiger partial charge in [0.05, 0.1) is 13.3 Å². The number of fused-ring (bicyclic) bond motifs is 1.